The lowest BCUT2D eigenvalue weighted by molar-refractivity contribution is -0.0495. The van der Waals surface area contributed by atoms with Crippen LogP contribution in [-0.2, 0) is 4.74 Å². The zero-order valence-electron chi connectivity index (χ0n) is 23.2. The third kappa shape index (κ3) is 6.50. The minimum Gasteiger partial charge on any atom is -0.460 e. The number of ether oxygens (including phenoxy) is 3. The van der Waals surface area contributed by atoms with Crippen LogP contribution in [0.5, 0.6) is 11.8 Å². The van der Waals surface area contributed by atoms with E-state index in [2.05, 4.69) is 60.4 Å². The van der Waals surface area contributed by atoms with Crippen molar-refractivity contribution in [1.29, 1.82) is 0 Å². The van der Waals surface area contributed by atoms with Crippen LogP contribution in [0.25, 0.3) is 10.9 Å². The maximum Gasteiger partial charge on any atom is 0.410 e. The summed E-state index contributed by atoms with van der Waals surface area (Å²) in [6.45, 7) is 7.17. The first-order valence-electron chi connectivity index (χ1n) is 13.6. The van der Waals surface area contributed by atoms with Crippen LogP contribution in [0.3, 0.4) is 0 Å². The van der Waals surface area contributed by atoms with Gasteiger partial charge in [0, 0.05) is 53.6 Å². The van der Waals surface area contributed by atoms with E-state index in [-0.39, 0.29) is 29.4 Å². The number of piperidine rings is 2. The number of amides is 1. The third-order valence-electron chi connectivity index (χ3n) is 7.77. The van der Waals surface area contributed by atoms with E-state index in [1.165, 1.54) is 0 Å². The molecule has 0 unspecified atom stereocenters. The zero-order valence-corrected chi connectivity index (χ0v) is 26.9. The Hall–Kier alpha value is -1.74. The van der Waals surface area contributed by atoms with E-state index in [4.69, 9.17) is 19.2 Å². The predicted octanol–water partition coefficient (Wildman–Crippen LogP) is 5.91. The van der Waals surface area contributed by atoms with Gasteiger partial charge in [-0.2, -0.15) is 18.7 Å². The molecule has 3 aliphatic heterocycles. The topological polar surface area (TPSA) is 80.3 Å². The van der Waals surface area contributed by atoms with E-state index in [0.29, 0.717) is 47.4 Å². The van der Waals surface area contributed by atoms with E-state index in [9.17, 15) is 13.6 Å². The lowest BCUT2D eigenvalue weighted by Gasteiger charge is -2.53. The number of rotatable bonds is 5. The van der Waals surface area contributed by atoms with Crippen LogP contribution in [0.2, 0.25) is 0 Å². The normalized spacial score (nSPS) is 20.2. The van der Waals surface area contributed by atoms with Gasteiger partial charge in [-0.05, 0) is 98.1 Å². The van der Waals surface area contributed by atoms with E-state index in [1.807, 2.05) is 26.8 Å². The highest BCUT2D eigenvalue weighted by Gasteiger charge is 2.48. The summed E-state index contributed by atoms with van der Waals surface area (Å²) in [5.74, 6) is 0.630. The highest BCUT2D eigenvalue weighted by molar-refractivity contribution is 14.1. The maximum absolute atomic E-state index is 13.5. The van der Waals surface area contributed by atoms with Crippen molar-refractivity contribution in [3.63, 3.8) is 0 Å². The summed E-state index contributed by atoms with van der Waals surface area (Å²) in [4.78, 5) is 28.1. The fourth-order valence-corrected chi connectivity index (χ4v) is 6.57. The summed E-state index contributed by atoms with van der Waals surface area (Å²) in [6.07, 6.45) is 3.10. The molecule has 1 amide bonds. The summed E-state index contributed by atoms with van der Waals surface area (Å²) < 4.78 is 44.8. The van der Waals surface area contributed by atoms with Crippen molar-refractivity contribution in [2.24, 2.45) is 5.41 Å². The molecule has 220 valence electrons. The van der Waals surface area contributed by atoms with Crippen molar-refractivity contribution < 1.29 is 27.8 Å². The summed E-state index contributed by atoms with van der Waals surface area (Å²) in [7, 11) is 2.08. The Bertz CT molecular complexity index is 1260. The lowest BCUT2D eigenvalue weighted by Crippen LogP contribution is -2.62. The predicted molar refractivity (Wildman–Crippen MR) is 159 cm³/mol. The number of halogens is 4. The third-order valence-corrected chi connectivity index (χ3v) is 10.2. The molecule has 13 heteroatoms. The SMILES string of the molecule is CN1CCC(Oc2nc(N3CCC4(CC3)CN(C(=O)OC(C)(C)C)C4)c3cc(I)c(Br)c(OC(F)F)c3n2)CC1. The second kappa shape index (κ2) is 11.5. The van der Waals surface area contributed by atoms with E-state index < -0.39 is 12.2 Å². The van der Waals surface area contributed by atoms with Gasteiger partial charge in [-0.25, -0.2) is 4.79 Å². The highest BCUT2D eigenvalue weighted by Crippen LogP contribution is 2.45. The zero-order chi connectivity index (χ0) is 28.8. The molecule has 3 fully saturated rings. The first-order chi connectivity index (χ1) is 18.8. The molecule has 4 heterocycles. The minimum absolute atomic E-state index is 0.0192. The minimum atomic E-state index is -3.00. The highest BCUT2D eigenvalue weighted by atomic mass is 127. The first-order valence-corrected chi connectivity index (χ1v) is 15.4. The Labute approximate surface area is 255 Å². The van der Waals surface area contributed by atoms with Crippen LogP contribution in [0.4, 0.5) is 19.4 Å². The Morgan fingerprint density at radius 1 is 1.15 bits per heavy atom. The van der Waals surface area contributed by atoms with E-state index >= 15 is 0 Å². The number of fused-ring (bicyclic) bond motifs is 1. The van der Waals surface area contributed by atoms with Crippen molar-refractivity contribution in [2.75, 3.05) is 51.2 Å². The first kappa shape index (κ1) is 29.7. The quantitative estimate of drug-likeness (QED) is 0.351. The number of anilines is 1. The molecule has 9 nitrogen and oxygen atoms in total. The summed E-state index contributed by atoms with van der Waals surface area (Å²) in [5, 5.41) is 0.638. The second-order valence-corrected chi connectivity index (χ2v) is 14.0. The van der Waals surface area contributed by atoms with Crippen LogP contribution < -0.4 is 14.4 Å². The van der Waals surface area contributed by atoms with Crippen LogP contribution in [0.1, 0.15) is 46.5 Å². The Morgan fingerprint density at radius 2 is 1.80 bits per heavy atom. The Balaban J connectivity index is 1.40. The molecular weight excluding hydrogens is 703 g/mol. The van der Waals surface area contributed by atoms with Gasteiger partial charge in [-0.1, -0.05) is 0 Å². The lowest BCUT2D eigenvalue weighted by atomic mass is 9.72. The van der Waals surface area contributed by atoms with Gasteiger partial charge in [0.05, 0.1) is 4.47 Å². The smallest absolute Gasteiger partial charge is 0.410 e. The molecule has 0 N–H and O–H groups in total. The fourth-order valence-electron chi connectivity index (χ4n) is 5.62. The van der Waals surface area contributed by atoms with Crippen molar-refractivity contribution >= 4 is 61.3 Å². The van der Waals surface area contributed by atoms with Gasteiger partial charge >= 0.3 is 18.7 Å². The molecule has 0 saturated carbocycles. The monoisotopic (exact) mass is 737 g/mol. The number of hydrogen-bond donors (Lipinski definition) is 0. The standard InChI is InChI=1S/C27H35BrF2IN5O4/c1-26(2,3)40-25(37)36-14-27(15-36)7-11-35(12-8-27)22-17-13-18(31)19(28)21(39-23(29)30)20(17)32-24(33-22)38-16-5-9-34(4)10-6-16/h13,16,23H,5-12,14-15H2,1-4H3. The summed E-state index contributed by atoms with van der Waals surface area (Å²) in [5.41, 5.74) is -0.185. The number of hydrogen-bond acceptors (Lipinski definition) is 8. The van der Waals surface area contributed by atoms with E-state index in [0.717, 1.165) is 42.3 Å². The molecule has 0 atom stereocenters. The molecule has 1 aromatic heterocycles. The number of carbonyl (C=O) groups excluding carboxylic acids is 1. The second-order valence-electron chi connectivity index (χ2n) is 12.0. The number of likely N-dealkylation sites (tertiary alicyclic amines) is 2. The van der Waals surface area contributed by atoms with Gasteiger partial charge in [-0.15, -0.1) is 0 Å². The molecule has 3 saturated heterocycles. The molecule has 0 bridgehead atoms. The molecule has 1 aromatic carbocycles. The molecular formula is C27H35BrF2IN5O4. The molecule has 40 heavy (non-hydrogen) atoms. The summed E-state index contributed by atoms with van der Waals surface area (Å²) >= 11 is 5.51. The Morgan fingerprint density at radius 3 is 2.40 bits per heavy atom. The van der Waals surface area contributed by atoms with Gasteiger partial charge < -0.3 is 28.9 Å². The molecule has 1 spiro atoms. The van der Waals surface area contributed by atoms with Crippen molar-refractivity contribution in [1.82, 2.24) is 19.8 Å². The van der Waals surface area contributed by atoms with Crippen LogP contribution in [-0.4, -0.2) is 90.5 Å². The number of alkyl halides is 2. The van der Waals surface area contributed by atoms with Gasteiger partial charge in [0.15, 0.2) is 5.75 Å². The number of carbonyl (C=O) groups is 1. The van der Waals surface area contributed by atoms with Crippen LogP contribution >= 0.6 is 38.5 Å². The van der Waals surface area contributed by atoms with Gasteiger partial charge in [0.2, 0.25) is 0 Å². The average molecular weight is 738 g/mol. The van der Waals surface area contributed by atoms with Crippen molar-refractivity contribution in [3.05, 3.63) is 14.1 Å². The number of aromatic nitrogens is 2. The van der Waals surface area contributed by atoms with Crippen LogP contribution in [0, 0.1) is 8.99 Å². The molecule has 3 aliphatic rings. The molecule has 5 rings (SSSR count). The molecule has 2 aromatic rings. The van der Waals surface area contributed by atoms with Crippen molar-refractivity contribution in [3.8, 4) is 11.8 Å². The number of nitrogens with zero attached hydrogens (tertiary/aromatic N) is 5. The number of benzene rings is 1. The van der Waals surface area contributed by atoms with Gasteiger partial charge in [0.1, 0.15) is 23.0 Å². The van der Waals surface area contributed by atoms with Crippen LogP contribution in [0.15, 0.2) is 10.5 Å². The Kier molecular flexibility index (Phi) is 8.55. The maximum atomic E-state index is 13.5. The van der Waals surface area contributed by atoms with E-state index in [1.54, 1.807) is 4.90 Å². The van der Waals surface area contributed by atoms with Gasteiger partial charge in [-0.3, -0.25) is 0 Å². The molecule has 0 aliphatic carbocycles. The summed E-state index contributed by atoms with van der Waals surface area (Å²) in [6, 6.07) is 2.06. The largest absolute Gasteiger partial charge is 0.460 e. The average Bonchev–Trinajstić information content (AvgIpc) is 2.85. The van der Waals surface area contributed by atoms with Gasteiger partial charge in [0.25, 0.3) is 0 Å². The molecule has 0 radical (unpaired) electrons. The fraction of sp³-hybridized carbons (Fsp3) is 0.667. The van der Waals surface area contributed by atoms with Crippen molar-refractivity contribution in [2.45, 2.75) is 64.8 Å².